The van der Waals surface area contributed by atoms with Gasteiger partial charge in [-0.2, -0.15) is 10.5 Å². The number of ketones is 2. The highest BCUT2D eigenvalue weighted by Crippen LogP contribution is 2.63. The second-order valence-electron chi connectivity index (χ2n) is 8.03. The lowest BCUT2D eigenvalue weighted by molar-refractivity contribution is -0.130. The number of carbonyl (C=O) groups excluding carboxylic acids is 2. The molecule has 3 aliphatic carbocycles. The van der Waals surface area contributed by atoms with Gasteiger partial charge in [0.05, 0.1) is 16.6 Å². The minimum Gasteiger partial charge on any atom is -0.293 e. The summed E-state index contributed by atoms with van der Waals surface area (Å²) in [7, 11) is 0. The van der Waals surface area contributed by atoms with Crippen molar-refractivity contribution in [3.63, 3.8) is 0 Å². The van der Waals surface area contributed by atoms with Crippen molar-refractivity contribution in [1.29, 1.82) is 10.5 Å². The van der Waals surface area contributed by atoms with Gasteiger partial charge in [-0.25, -0.2) is 0 Å². The maximum Gasteiger partial charge on any atom is 0.196 e. The lowest BCUT2D eigenvalue weighted by atomic mass is 9.45. The largest absolute Gasteiger partial charge is 0.293 e. The maximum absolute atomic E-state index is 12.7. The van der Waals surface area contributed by atoms with E-state index in [4.69, 9.17) is 0 Å². The topological polar surface area (TPSA) is 81.7 Å². The molecule has 1 fully saturated rings. The van der Waals surface area contributed by atoms with Crippen LogP contribution in [0.3, 0.4) is 0 Å². The van der Waals surface area contributed by atoms with E-state index in [-0.39, 0.29) is 28.6 Å². The molecule has 0 aromatic heterocycles. The number of rotatable bonds is 0. The highest BCUT2D eigenvalue weighted by Gasteiger charge is 2.59. The quantitative estimate of drug-likeness (QED) is 0.630. The molecule has 4 heteroatoms. The van der Waals surface area contributed by atoms with Gasteiger partial charge in [0.2, 0.25) is 0 Å². The molecule has 0 aromatic rings. The van der Waals surface area contributed by atoms with Crippen molar-refractivity contribution in [3.8, 4) is 24.0 Å². The third-order valence-electron chi connectivity index (χ3n) is 6.28. The van der Waals surface area contributed by atoms with Gasteiger partial charge in [-0.1, -0.05) is 32.8 Å². The molecule has 0 aliphatic heterocycles. The summed E-state index contributed by atoms with van der Waals surface area (Å²) in [6.45, 7) is 7.48. The lowest BCUT2D eigenvalue weighted by Crippen LogP contribution is -2.53. The summed E-state index contributed by atoms with van der Waals surface area (Å²) < 4.78 is 0. The Morgan fingerprint density at radius 2 is 1.73 bits per heavy atom. The zero-order valence-electron chi connectivity index (χ0n) is 15.4. The van der Waals surface area contributed by atoms with Crippen LogP contribution in [0, 0.1) is 56.7 Å². The van der Waals surface area contributed by atoms with E-state index in [1.54, 1.807) is 19.1 Å². The molecule has 3 rings (SSSR count). The molecule has 0 aromatic carbocycles. The SMILES string of the molecule is CC#CC12C=C(C#N)C(=O)C=C1C1(C)C=C(C#N)C(=O)C(C)(C)C1CC2. The predicted octanol–water partition coefficient (Wildman–Crippen LogP) is 3.43. The highest BCUT2D eigenvalue weighted by molar-refractivity contribution is 6.09. The summed E-state index contributed by atoms with van der Waals surface area (Å²) in [5.74, 6) is 5.65. The molecule has 1 saturated carbocycles. The normalized spacial score (nSPS) is 34.5. The smallest absolute Gasteiger partial charge is 0.196 e. The molecule has 0 N–H and O–H groups in total. The minimum atomic E-state index is -0.705. The Labute approximate surface area is 153 Å². The standard InChI is InChI=1S/C22H20N2O2/c1-5-7-22-8-6-17-20(2,3)19(26)15(13-24)10-21(17,4)18(22)9-16(25)14(11-22)12-23/h9-11,17H,6,8H2,1-4H3. The van der Waals surface area contributed by atoms with Gasteiger partial charge in [0.25, 0.3) is 0 Å². The van der Waals surface area contributed by atoms with Gasteiger partial charge in [-0.3, -0.25) is 9.59 Å². The van der Waals surface area contributed by atoms with Crippen LogP contribution >= 0.6 is 0 Å². The van der Waals surface area contributed by atoms with E-state index < -0.39 is 16.2 Å². The van der Waals surface area contributed by atoms with Crippen molar-refractivity contribution >= 4 is 11.6 Å². The Hall–Kier alpha value is -2.90. The molecule has 0 saturated heterocycles. The Bertz CT molecular complexity index is 968. The second-order valence-corrected chi connectivity index (χ2v) is 8.03. The van der Waals surface area contributed by atoms with E-state index in [0.29, 0.717) is 6.42 Å². The van der Waals surface area contributed by atoms with Crippen LogP contribution in [0.5, 0.6) is 0 Å². The summed E-state index contributed by atoms with van der Waals surface area (Å²) in [6, 6.07) is 4.01. The van der Waals surface area contributed by atoms with Crippen LogP contribution in [0.4, 0.5) is 0 Å². The first-order chi connectivity index (χ1) is 12.2. The van der Waals surface area contributed by atoms with Gasteiger partial charge in [-0.15, -0.1) is 5.92 Å². The molecule has 3 aliphatic rings. The molecule has 0 amide bonds. The van der Waals surface area contributed by atoms with Crippen LogP contribution in [0.15, 0.2) is 34.9 Å². The summed E-state index contributed by atoms with van der Waals surface area (Å²) in [5, 5.41) is 18.8. The van der Waals surface area contributed by atoms with Crippen LogP contribution in [-0.2, 0) is 9.59 Å². The monoisotopic (exact) mass is 344 g/mol. The van der Waals surface area contributed by atoms with Crippen molar-refractivity contribution < 1.29 is 9.59 Å². The van der Waals surface area contributed by atoms with Crippen LogP contribution < -0.4 is 0 Å². The van der Waals surface area contributed by atoms with E-state index in [0.717, 1.165) is 12.0 Å². The van der Waals surface area contributed by atoms with E-state index >= 15 is 0 Å². The van der Waals surface area contributed by atoms with Gasteiger partial charge in [0, 0.05) is 10.8 Å². The van der Waals surface area contributed by atoms with Crippen molar-refractivity contribution in [2.45, 2.75) is 40.5 Å². The van der Waals surface area contributed by atoms with Crippen LogP contribution in [0.25, 0.3) is 0 Å². The van der Waals surface area contributed by atoms with Crippen LogP contribution in [-0.4, -0.2) is 11.6 Å². The second kappa shape index (κ2) is 5.55. The number of hydrogen-bond donors (Lipinski definition) is 0. The van der Waals surface area contributed by atoms with Gasteiger partial charge in [-0.05, 0) is 43.4 Å². The molecule has 0 heterocycles. The summed E-state index contributed by atoms with van der Waals surface area (Å²) >= 11 is 0. The summed E-state index contributed by atoms with van der Waals surface area (Å²) in [4.78, 5) is 25.2. The molecule has 0 spiro atoms. The van der Waals surface area contributed by atoms with Gasteiger partial charge in [0.1, 0.15) is 12.1 Å². The van der Waals surface area contributed by atoms with Crippen LogP contribution in [0.1, 0.15) is 40.5 Å². The lowest BCUT2D eigenvalue weighted by Gasteiger charge is -2.56. The number of nitriles is 2. The molecule has 4 nitrogen and oxygen atoms in total. The molecule has 3 atom stereocenters. The van der Waals surface area contributed by atoms with Crippen molar-refractivity contribution in [3.05, 3.63) is 34.9 Å². The molecule has 130 valence electrons. The fourth-order valence-electron chi connectivity index (χ4n) is 5.15. The predicted molar refractivity (Wildman–Crippen MR) is 96.0 cm³/mol. The zero-order chi connectivity index (χ0) is 19.3. The fourth-order valence-corrected chi connectivity index (χ4v) is 5.15. The van der Waals surface area contributed by atoms with Crippen molar-refractivity contribution in [2.75, 3.05) is 0 Å². The molecular formula is C22H20N2O2. The Balaban J connectivity index is 2.32. The maximum atomic E-state index is 12.7. The number of Topliss-reactive ketones (excluding diaryl/α,β-unsaturated/α-hetero) is 1. The Morgan fingerprint density at radius 3 is 2.31 bits per heavy atom. The first-order valence-corrected chi connectivity index (χ1v) is 8.68. The number of hydrogen-bond acceptors (Lipinski definition) is 4. The first kappa shape index (κ1) is 17.9. The molecule has 0 radical (unpaired) electrons. The highest BCUT2D eigenvalue weighted by atomic mass is 16.1. The van der Waals surface area contributed by atoms with E-state index in [9.17, 15) is 20.1 Å². The Morgan fingerprint density at radius 1 is 1.08 bits per heavy atom. The average molecular weight is 344 g/mol. The number of fused-ring (bicyclic) bond motifs is 3. The summed E-state index contributed by atoms with van der Waals surface area (Å²) in [6.07, 6.45) is 6.30. The first-order valence-electron chi connectivity index (χ1n) is 8.68. The molecule has 0 bridgehead atoms. The van der Waals surface area contributed by atoms with Crippen molar-refractivity contribution in [2.24, 2.45) is 22.2 Å². The van der Waals surface area contributed by atoms with Gasteiger partial charge in [0.15, 0.2) is 11.6 Å². The minimum absolute atomic E-state index is 0.0394. The third-order valence-corrected chi connectivity index (χ3v) is 6.28. The van der Waals surface area contributed by atoms with E-state index in [1.807, 2.05) is 32.9 Å². The number of allylic oxidation sites excluding steroid dienone is 6. The number of nitrogens with zero attached hydrogens (tertiary/aromatic N) is 2. The zero-order valence-corrected chi connectivity index (χ0v) is 15.4. The molecule has 26 heavy (non-hydrogen) atoms. The van der Waals surface area contributed by atoms with Gasteiger partial charge >= 0.3 is 0 Å². The van der Waals surface area contributed by atoms with Crippen molar-refractivity contribution in [1.82, 2.24) is 0 Å². The molecular weight excluding hydrogens is 324 g/mol. The third kappa shape index (κ3) is 2.14. The van der Waals surface area contributed by atoms with Crippen LogP contribution in [0.2, 0.25) is 0 Å². The van der Waals surface area contributed by atoms with E-state index in [1.165, 1.54) is 6.08 Å². The van der Waals surface area contributed by atoms with E-state index in [2.05, 4.69) is 11.8 Å². The average Bonchev–Trinajstić information content (AvgIpc) is 2.59. The van der Waals surface area contributed by atoms with Gasteiger partial charge < -0.3 is 0 Å². The Kier molecular flexibility index (Phi) is 3.82. The number of carbonyl (C=O) groups is 2. The molecule has 3 unspecified atom stereocenters. The fraction of sp³-hybridized carbons (Fsp3) is 0.455. The summed E-state index contributed by atoms with van der Waals surface area (Å²) in [5.41, 5.74) is -1.01.